The normalized spacial score (nSPS) is 14.7. The van der Waals surface area contributed by atoms with E-state index in [9.17, 15) is 0 Å². The van der Waals surface area contributed by atoms with Crippen molar-refractivity contribution in [3.05, 3.63) is 115 Å². The standard InChI is InChI=1S/C32H21N5OPS.Cu/c1-20(2)39-25-11-5-4-10-23(25)38-24-13-15-29(35-32(24)39)37-22-9-3-6-12-26(22)40-27-14-16-28(34-31(27)37)36-19-17-21-8-7-18-33-30(21)36;/h1,3-19H,2H3;/q-1;+1. The molecule has 9 heteroatoms. The first kappa shape index (κ1) is 26.0. The van der Waals surface area contributed by atoms with E-state index in [1.54, 1.807) is 11.8 Å². The Kier molecular flexibility index (Phi) is 6.44. The van der Waals surface area contributed by atoms with E-state index in [0.717, 1.165) is 71.5 Å². The molecule has 0 radical (unpaired) electrons. The number of rotatable bonds is 3. The number of fused-ring (bicyclic) bond motifs is 5. The number of ether oxygens (including phenoxy) is 1. The molecule has 0 aliphatic carbocycles. The second-order valence-electron chi connectivity index (χ2n) is 9.54. The van der Waals surface area contributed by atoms with Gasteiger partial charge < -0.3 is 11.3 Å². The number of para-hydroxylation sites is 2. The fourth-order valence-electron chi connectivity index (χ4n) is 5.25. The SMILES string of the molecule is [CH-]=C(C)P1c2ccccc2Oc2ccc(N3c4ccccc4Sc4ccc(-n5ccc6cccnc65)nc43)nc21.[Cu+]. The van der Waals surface area contributed by atoms with Crippen molar-refractivity contribution in [3.63, 3.8) is 0 Å². The molecule has 2 aliphatic rings. The van der Waals surface area contributed by atoms with Gasteiger partial charge in [0.25, 0.3) is 0 Å². The molecular weight excluding hydrogens is 597 g/mol. The van der Waals surface area contributed by atoms with Crippen molar-refractivity contribution in [1.29, 1.82) is 0 Å². The molecule has 2 aliphatic heterocycles. The molecule has 0 amide bonds. The van der Waals surface area contributed by atoms with Crippen LogP contribution in [0.25, 0.3) is 16.9 Å². The molecular formula is C32H21CuN5OPS. The maximum Gasteiger partial charge on any atom is 1.00 e. The number of pyridine rings is 3. The third-order valence-electron chi connectivity index (χ3n) is 7.00. The van der Waals surface area contributed by atoms with Crippen molar-refractivity contribution < 1.29 is 21.8 Å². The molecule has 4 aromatic heterocycles. The molecule has 2 aromatic carbocycles. The third-order valence-corrected chi connectivity index (χ3v) is 10.4. The molecule has 0 fully saturated rings. The van der Waals surface area contributed by atoms with E-state index in [1.165, 1.54) is 0 Å². The van der Waals surface area contributed by atoms with Crippen LogP contribution >= 0.6 is 19.7 Å². The summed E-state index contributed by atoms with van der Waals surface area (Å²) < 4.78 is 8.31. The van der Waals surface area contributed by atoms with E-state index in [-0.39, 0.29) is 17.1 Å². The van der Waals surface area contributed by atoms with Crippen LogP contribution in [0, 0.1) is 6.58 Å². The second-order valence-corrected chi connectivity index (χ2v) is 12.9. The predicted octanol–water partition coefficient (Wildman–Crippen LogP) is 7.62. The van der Waals surface area contributed by atoms with Crippen LogP contribution in [0.4, 0.5) is 17.3 Å². The summed E-state index contributed by atoms with van der Waals surface area (Å²) >= 11 is 1.71. The molecule has 8 rings (SSSR count). The van der Waals surface area contributed by atoms with Gasteiger partial charge in [0.15, 0.2) is 11.6 Å². The zero-order valence-corrected chi connectivity index (χ0v) is 24.3. The van der Waals surface area contributed by atoms with E-state index in [2.05, 4.69) is 52.3 Å². The number of aromatic nitrogens is 4. The molecule has 202 valence electrons. The topological polar surface area (TPSA) is 56.1 Å². The maximum absolute atomic E-state index is 6.51. The minimum absolute atomic E-state index is 0. The Labute approximate surface area is 253 Å². The fourth-order valence-corrected chi connectivity index (χ4v) is 8.32. The number of benzene rings is 2. The summed E-state index contributed by atoms with van der Waals surface area (Å²) in [6, 6.07) is 30.7. The molecule has 0 spiro atoms. The van der Waals surface area contributed by atoms with Gasteiger partial charge in [0, 0.05) is 28.0 Å². The average molecular weight is 618 g/mol. The molecule has 0 saturated heterocycles. The van der Waals surface area contributed by atoms with Gasteiger partial charge in [-0.25, -0.2) is 20.3 Å². The molecule has 6 aromatic rings. The van der Waals surface area contributed by atoms with Crippen LogP contribution in [0.15, 0.2) is 118 Å². The first-order chi connectivity index (χ1) is 19.7. The first-order valence-electron chi connectivity index (χ1n) is 12.8. The summed E-state index contributed by atoms with van der Waals surface area (Å²) in [6.07, 6.45) is 3.82. The molecule has 6 nitrogen and oxygen atoms in total. The van der Waals surface area contributed by atoms with Gasteiger partial charge in [0.2, 0.25) is 0 Å². The molecule has 0 N–H and O–H groups in total. The minimum atomic E-state index is -0.996. The minimum Gasteiger partial charge on any atom is -0.509 e. The Morgan fingerprint density at radius 1 is 0.829 bits per heavy atom. The Morgan fingerprint density at radius 3 is 2.56 bits per heavy atom. The van der Waals surface area contributed by atoms with Crippen molar-refractivity contribution in [2.24, 2.45) is 0 Å². The Bertz CT molecular complexity index is 1990. The van der Waals surface area contributed by atoms with E-state index in [0.29, 0.717) is 0 Å². The molecule has 41 heavy (non-hydrogen) atoms. The van der Waals surface area contributed by atoms with Crippen LogP contribution in [-0.4, -0.2) is 19.5 Å². The van der Waals surface area contributed by atoms with Gasteiger partial charge >= 0.3 is 17.1 Å². The Balaban J connectivity index is 0.00000276. The van der Waals surface area contributed by atoms with Crippen molar-refractivity contribution in [2.75, 3.05) is 4.90 Å². The van der Waals surface area contributed by atoms with Gasteiger partial charge in [-0.1, -0.05) is 49.0 Å². The smallest absolute Gasteiger partial charge is 0.509 e. The van der Waals surface area contributed by atoms with Crippen LogP contribution in [0.3, 0.4) is 0 Å². The van der Waals surface area contributed by atoms with Gasteiger partial charge in [-0.3, -0.25) is 9.47 Å². The van der Waals surface area contributed by atoms with Crippen molar-refractivity contribution in [2.45, 2.75) is 16.7 Å². The third kappa shape index (κ3) is 4.18. The number of hydrogen-bond donors (Lipinski definition) is 0. The number of allylic oxidation sites excluding steroid dienone is 1. The van der Waals surface area contributed by atoms with Crippen LogP contribution in [0.1, 0.15) is 6.92 Å². The first-order valence-corrected chi connectivity index (χ1v) is 15.0. The molecule has 1 atom stereocenters. The summed E-state index contributed by atoms with van der Waals surface area (Å²) in [5.74, 6) is 3.96. The van der Waals surface area contributed by atoms with Gasteiger partial charge in [-0.2, -0.15) is 0 Å². The number of nitrogens with zero attached hydrogens (tertiary/aromatic N) is 5. The average Bonchev–Trinajstić information content (AvgIpc) is 3.42. The molecule has 0 saturated carbocycles. The molecule has 0 bridgehead atoms. The fraction of sp³-hybridized carbons (Fsp3) is 0.0312. The summed E-state index contributed by atoms with van der Waals surface area (Å²) in [5.41, 5.74) is 2.76. The summed E-state index contributed by atoms with van der Waals surface area (Å²) in [5, 5.41) is 2.98. The number of hydrogen-bond acceptors (Lipinski definition) is 6. The zero-order valence-electron chi connectivity index (χ0n) is 21.7. The molecule has 1 unspecified atom stereocenters. The van der Waals surface area contributed by atoms with Gasteiger partial charge in [0.1, 0.15) is 28.5 Å². The van der Waals surface area contributed by atoms with Crippen LogP contribution in [0.2, 0.25) is 0 Å². The second kappa shape index (κ2) is 10.2. The zero-order chi connectivity index (χ0) is 26.8. The largest absolute Gasteiger partial charge is 1.00 e. The maximum atomic E-state index is 6.51. The Morgan fingerprint density at radius 2 is 1.66 bits per heavy atom. The predicted molar refractivity (Wildman–Crippen MR) is 162 cm³/mol. The van der Waals surface area contributed by atoms with E-state index in [4.69, 9.17) is 21.3 Å². The monoisotopic (exact) mass is 617 g/mol. The van der Waals surface area contributed by atoms with Crippen LogP contribution < -0.4 is 20.4 Å². The summed E-state index contributed by atoms with van der Waals surface area (Å²) in [7, 11) is -0.996. The van der Waals surface area contributed by atoms with Crippen molar-refractivity contribution in [1.82, 2.24) is 19.5 Å². The van der Waals surface area contributed by atoms with E-state index in [1.807, 2.05) is 72.4 Å². The summed E-state index contributed by atoms with van der Waals surface area (Å²) in [4.78, 5) is 19.4. The van der Waals surface area contributed by atoms with E-state index >= 15 is 0 Å². The van der Waals surface area contributed by atoms with Gasteiger partial charge in [0.05, 0.1) is 10.6 Å². The number of anilines is 3. The summed E-state index contributed by atoms with van der Waals surface area (Å²) in [6.45, 7) is 8.48. The Hall–Kier alpha value is -3.93. The van der Waals surface area contributed by atoms with Crippen LogP contribution in [-0.2, 0) is 17.1 Å². The van der Waals surface area contributed by atoms with Crippen LogP contribution in [0.5, 0.6) is 11.5 Å². The van der Waals surface area contributed by atoms with Gasteiger partial charge in [-0.05, 0) is 68.6 Å². The van der Waals surface area contributed by atoms with Gasteiger partial charge in [-0.15, -0.1) is 0 Å². The van der Waals surface area contributed by atoms with Crippen molar-refractivity contribution in [3.8, 4) is 17.3 Å². The molecule has 6 heterocycles. The quantitative estimate of drug-likeness (QED) is 0.115. The van der Waals surface area contributed by atoms with Crippen molar-refractivity contribution >= 4 is 58.8 Å². The van der Waals surface area contributed by atoms with E-state index < -0.39 is 7.92 Å².